The zero-order valence-electron chi connectivity index (χ0n) is 18.2. The third-order valence-electron chi connectivity index (χ3n) is 6.33. The second-order valence-corrected chi connectivity index (χ2v) is 8.56. The Bertz CT molecular complexity index is 1170. The van der Waals surface area contributed by atoms with Gasteiger partial charge in [-0.05, 0) is 49.3 Å². The molecule has 0 saturated heterocycles. The summed E-state index contributed by atoms with van der Waals surface area (Å²) >= 11 is 0. The molecule has 1 heterocycles. The summed E-state index contributed by atoms with van der Waals surface area (Å²) in [6, 6.07) is 26.5. The van der Waals surface area contributed by atoms with Crippen LogP contribution < -0.4 is 0 Å². The van der Waals surface area contributed by atoms with Crippen molar-refractivity contribution in [3.63, 3.8) is 0 Å². The van der Waals surface area contributed by atoms with E-state index < -0.39 is 0 Å². The van der Waals surface area contributed by atoms with Crippen molar-refractivity contribution in [2.24, 2.45) is 5.92 Å². The molecule has 32 heavy (non-hydrogen) atoms. The fourth-order valence-corrected chi connectivity index (χ4v) is 4.54. The van der Waals surface area contributed by atoms with E-state index in [1.54, 1.807) is 0 Å². The van der Waals surface area contributed by atoms with Gasteiger partial charge < -0.3 is 9.52 Å². The van der Waals surface area contributed by atoms with E-state index in [9.17, 15) is 5.11 Å². The smallest absolute Gasteiger partial charge is 0.199 e. The van der Waals surface area contributed by atoms with Crippen LogP contribution in [0.5, 0.6) is 5.75 Å². The molecule has 3 heteroatoms. The molecule has 0 radical (unpaired) electrons. The Kier molecular flexibility index (Phi) is 5.64. The van der Waals surface area contributed by atoms with Gasteiger partial charge in [-0.15, -0.1) is 0 Å². The zero-order chi connectivity index (χ0) is 21.9. The lowest BCUT2D eigenvalue weighted by molar-refractivity contribution is 0.364. The van der Waals surface area contributed by atoms with Crippen LogP contribution in [-0.4, -0.2) is 10.1 Å². The van der Waals surface area contributed by atoms with E-state index in [1.165, 1.54) is 0 Å². The highest BCUT2D eigenvalue weighted by Gasteiger charge is 2.30. The minimum absolute atomic E-state index is 0.198. The van der Waals surface area contributed by atoms with E-state index in [1.807, 2.05) is 55.5 Å². The van der Waals surface area contributed by atoms with E-state index in [0.29, 0.717) is 5.75 Å². The molecule has 1 N–H and O–H groups in total. The van der Waals surface area contributed by atoms with Gasteiger partial charge in [0.15, 0.2) is 11.7 Å². The predicted molar refractivity (Wildman–Crippen MR) is 129 cm³/mol. The van der Waals surface area contributed by atoms with Crippen LogP contribution >= 0.6 is 0 Å². The standard InChI is InChI=1S/C29H27NO2/c1-20-16-17-21(19-26(20)31)18-24-14-8-9-15-25(24)29-30-27(22-10-4-2-5-11-22)28(32-29)23-12-6-3-7-13-23/h2-8,10-14,16-17,19,24-25,31H,9,15,18H2,1H3. The number of benzene rings is 3. The zero-order valence-corrected chi connectivity index (χ0v) is 18.2. The van der Waals surface area contributed by atoms with Crippen LogP contribution in [0.3, 0.4) is 0 Å². The molecule has 1 aromatic heterocycles. The first-order chi connectivity index (χ1) is 15.7. The number of aromatic nitrogens is 1. The van der Waals surface area contributed by atoms with Crippen molar-refractivity contribution in [3.8, 4) is 28.3 Å². The highest BCUT2D eigenvalue weighted by atomic mass is 16.4. The lowest BCUT2D eigenvalue weighted by atomic mass is 9.80. The molecule has 4 aromatic rings. The van der Waals surface area contributed by atoms with Gasteiger partial charge in [0.2, 0.25) is 0 Å². The topological polar surface area (TPSA) is 46.3 Å². The highest BCUT2D eigenvalue weighted by Crippen LogP contribution is 2.41. The molecular formula is C29H27NO2. The molecule has 1 aliphatic rings. The first kappa shape index (κ1) is 20.3. The molecule has 2 unspecified atom stereocenters. The molecule has 0 fully saturated rings. The van der Waals surface area contributed by atoms with Crippen LogP contribution in [0.2, 0.25) is 0 Å². The third-order valence-corrected chi connectivity index (χ3v) is 6.33. The Labute approximate surface area is 189 Å². The van der Waals surface area contributed by atoms with Gasteiger partial charge >= 0.3 is 0 Å². The Morgan fingerprint density at radius 1 is 0.938 bits per heavy atom. The van der Waals surface area contributed by atoms with Gasteiger partial charge in [0.05, 0.1) is 0 Å². The number of hydrogen-bond acceptors (Lipinski definition) is 3. The largest absolute Gasteiger partial charge is 0.508 e. The average Bonchev–Trinajstić information content (AvgIpc) is 3.28. The maximum Gasteiger partial charge on any atom is 0.199 e. The molecule has 0 aliphatic heterocycles. The molecule has 1 aliphatic carbocycles. The number of hydrogen-bond donors (Lipinski definition) is 1. The SMILES string of the molecule is Cc1ccc(CC2C=CCCC2c2nc(-c3ccccc3)c(-c3ccccc3)o2)cc1O. The number of allylic oxidation sites excluding steroid dienone is 2. The number of oxazole rings is 1. The molecule has 0 bridgehead atoms. The number of phenols is 1. The molecule has 3 aromatic carbocycles. The van der Waals surface area contributed by atoms with Crippen molar-refractivity contribution in [1.29, 1.82) is 0 Å². The maximum atomic E-state index is 10.2. The van der Waals surface area contributed by atoms with Crippen molar-refractivity contribution < 1.29 is 9.52 Å². The van der Waals surface area contributed by atoms with E-state index in [4.69, 9.17) is 9.40 Å². The van der Waals surface area contributed by atoms with Crippen LogP contribution in [0, 0.1) is 12.8 Å². The summed E-state index contributed by atoms with van der Waals surface area (Å²) < 4.78 is 6.51. The van der Waals surface area contributed by atoms with Gasteiger partial charge in [-0.1, -0.05) is 84.9 Å². The van der Waals surface area contributed by atoms with Gasteiger partial charge in [-0.25, -0.2) is 4.98 Å². The average molecular weight is 422 g/mol. The highest BCUT2D eigenvalue weighted by molar-refractivity contribution is 5.76. The minimum Gasteiger partial charge on any atom is -0.508 e. The van der Waals surface area contributed by atoms with Crippen molar-refractivity contribution in [3.05, 3.63) is 108 Å². The van der Waals surface area contributed by atoms with Gasteiger partial charge in [0, 0.05) is 17.0 Å². The number of rotatable bonds is 5. The van der Waals surface area contributed by atoms with Gasteiger partial charge in [0.25, 0.3) is 0 Å². The fraction of sp³-hybridized carbons (Fsp3) is 0.207. The van der Waals surface area contributed by atoms with E-state index in [0.717, 1.165) is 58.9 Å². The van der Waals surface area contributed by atoms with Gasteiger partial charge in [-0.2, -0.15) is 0 Å². The Balaban J connectivity index is 1.53. The van der Waals surface area contributed by atoms with Crippen LogP contribution in [0.4, 0.5) is 0 Å². The van der Waals surface area contributed by atoms with Crippen molar-refractivity contribution in [2.75, 3.05) is 0 Å². The van der Waals surface area contributed by atoms with Crippen molar-refractivity contribution in [1.82, 2.24) is 4.98 Å². The lowest BCUT2D eigenvalue weighted by Gasteiger charge is -2.25. The summed E-state index contributed by atoms with van der Waals surface area (Å²) in [4.78, 5) is 5.05. The van der Waals surface area contributed by atoms with E-state index in [-0.39, 0.29) is 11.8 Å². The molecule has 0 spiro atoms. The van der Waals surface area contributed by atoms with Crippen LogP contribution in [0.25, 0.3) is 22.6 Å². The predicted octanol–water partition coefficient (Wildman–Crippen LogP) is 7.32. The Morgan fingerprint density at radius 3 is 2.38 bits per heavy atom. The summed E-state index contributed by atoms with van der Waals surface area (Å²) in [6.07, 6.45) is 7.42. The summed E-state index contributed by atoms with van der Waals surface area (Å²) in [5.74, 6) is 2.45. The number of nitrogens with zero attached hydrogens (tertiary/aromatic N) is 1. The van der Waals surface area contributed by atoms with Crippen molar-refractivity contribution >= 4 is 0 Å². The second-order valence-electron chi connectivity index (χ2n) is 8.56. The van der Waals surface area contributed by atoms with Gasteiger partial charge in [0.1, 0.15) is 11.4 Å². The maximum absolute atomic E-state index is 10.2. The summed E-state index contributed by atoms with van der Waals surface area (Å²) in [7, 11) is 0. The molecular weight excluding hydrogens is 394 g/mol. The normalized spacial score (nSPS) is 18.0. The van der Waals surface area contributed by atoms with E-state index >= 15 is 0 Å². The second kappa shape index (κ2) is 8.88. The number of aryl methyl sites for hydroxylation is 1. The molecule has 3 nitrogen and oxygen atoms in total. The first-order valence-electron chi connectivity index (χ1n) is 11.3. The molecule has 5 rings (SSSR count). The van der Waals surface area contributed by atoms with Crippen LogP contribution in [0.15, 0.2) is 95.4 Å². The lowest BCUT2D eigenvalue weighted by Crippen LogP contribution is -2.17. The molecule has 0 amide bonds. The van der Waals surface area contributed by atoms with Crippen molar-refractivity contribution in [2.45, 2.75) is 32.1 Å². The Hall–Kier alpha value is -3.59. The summed E-state index contributed by atoms with van der Waals surface area (Å²) in [5, 5.41) is 10.2. The quantitative estimate of drug-likeness (QED) is 0.344. The van der Waals surface area contributed by atoms with Crippen LogP contribution in [-0.2, 0) is 6.42 Å². The Morgan fingerprint density at radius 2 is 1.66 bits per heavy atom. The van der Waals surface area contributed by atoms with Crippen LogP contribution in [0.1, 0.15) is 35.8 Å². The number of phenolic OH excluding ortho intramolecular Hbond substituents is 1. The third kappa shape index (κ3) is 4.11. The molecule has 2 atom stereocenters. The summed E-state index contributed by atoms with van der Waals surface area (Å²) in [5.41, 5.74) is 5.03. The molecule has 0 saturated carbocycles. The van der Waals surface area contributed by atoms with E-state index in [2.05, 4.69) is 42.5 Å². The van der Waals surface area contributed by atoms with Gasteiger partial charge in [-0.3, -0.25) is 0 Å². The first-order valence-corrected chi connectivity index (χ1v) is 11.3. The minimum atomic E-state index is 0.198. The number of aromatic hydroxyl groups is 1. The monoisotopic (exact) mass is 421 g/mol. The molecule has 160 valence electrons. The summed E-state index contributed by atoms with van der Waals surface area (Å²) in [6.45, 7) is 1.92. The fourth-order valence-electron chi connectivity index (χ4n) is 4.54.